The summed E-state index contributed by atoms with van der Waals surface area (Å²) in [7, 11) is 0. The molecule has 0 saturated heterocycles. The van der Waals surface area contributed by atoms with Gasteiger partial charge in [0, 0.05) is 5.92 Å². The molecule has 1 aliphatic carbocycles. The van der Waals surface area contributed by atoms with Crippen molar-refractivity contribution in [3.63, 3.8) is 0 Å². The van der Waals surface area contributed by atoms with Gasteiger partial charge in [-0.1, -0.05) is 94.8 Å². The average Bonchev–Trinajstić information content (AvgIpc) is 2.70. The van der Waals surface area contributed by atoms with Crippen LogP contribution in [-0.2, 0) is 14.9 Å². The average molecular weight is 379 g/mol. The Kier molecular flexibility index (Phi) is 6.59. The van der Waals surface area contributed by atoms with Gasteiger partial charge in [0.05, 0.1) is 5.92 Å². The molecule has 4 atom stereocenters. The molecule has 1 fully saturated rings. The molecule has 2 aromatic rings. The maximum Gasteiger partial charge on any atom is 0.313 e. The lowest BCUT2D eigenvalue weighted by Gasteiger charge is -2.44. The van der Waals surface area contributed by atoms with Gasteiger partial charge in [-0.2, -0.15) is 0 Å². The van der Waals surface area contributed by atoms with E-state index in [0.29, 0.717) is 11.8 Å². The zero-order valence-electron chi connectivity index (χ0n) is 17.7. The minimum absolute atomic E-state index is 0.0239. The molecule has 0 N–H and O–H groups in total. The van der Waals surface area contributed by atoms with Crippen LogP contribution in [0.4, 0.5) is 0 Å². The predicted octanol–water partition coefficient (Wildman–Crippen LogP) is 6.51. The first-order valence-electron chi connectivity index (χ1n) is 10.7. The summed E-state index contributed by atoms with van der Waals surface area (Å²) in [4.78, 5) is 13.1. The van der Waals surface area contributed by atoms with Crippen molar-refractivity contribution in [3.8, 4) is 0 Å². The Labute approximate surface area is 170 Å². The van der Waals surface area contributed by atoms with Crippen molar-refractivity contribution in [1.82, 2.24) is 0 Å². The van der Waals surface area contributed by atoms with Gasteiger partial charge in [-0.25, -0.2) is 0 Å². The molecule has 0 aliphatic heterocycles. The van der Waals surface area contributed by atoms with Crippen LogP contribution in [0.5, 0.6) is 0 Å². The Hall–Kier alpha value is -2.09. The minimum atomic E-state index is -0.182. The third kappa shape index (κ3) is 4.48. The number of benzene rings is 2. The van der Waals surface area contributed by atoms with E-state index in [0.717, 1.165) is 24.8 Å². The zero-order valence-corrected chi connectivity index (χ0v) is 17.7. The molecule has 0 spiro atoms. The Balaban J connectivity index is 1.82. The van der Waals surface area contributed by atoms with Gasteiger partial charge in [0.15, 0.2) is 0 Å². The highest BCUT2D eigenvalue weighted by Crippen LogP contribution is 2.44. The van der Waals surface area contributed by atoms with Gasteiger partial charge in [-0.3, -0.25) is 4.79 Å². The van der Waals surface area contributed by atoms with Crippen molar-refractivity contribution in [1.29, 1.82) is 0 Å². The van der Waals surface area contributed by atoms with E-state index in [-0.39, 0.29) is 23.4 Å². The second-order valence-electron chi connectivity index (χ2n) is 8.96. The van der Waals surface area contributed by atoms with E-state index in [1.807, 2.05) is 30.3 Å². The predicted molar refractivity (Wildman–Crippen MR) is 115 cm³/mol. The largest absolute Gasteiger partial charge is 0.462 e. The second kappa shape index (κ2) is 8.94. The number of hydrogen-bond acceptors (Lipinski definition) is 2. The SMILES string of the molecule is CC[C@@H](C(=O)O[C@@H]1C[C@H](C)CC[C@H]1C(C)(C)c1ccccc1)c1ccccc1. The van der Waals surface area contributed by atoms with E-state index >= 15 is 0 Å². The summed E-state index contributed by atoms with van der Waals surface area (Å²) in [6, 6.07) is 20.7. The van der Waals surface area contributed by atoms with Gasteiger partial charge in [0.1, 0.15) is 6.10 Å². The van der Waals surface area contributed by atoms with Gasteiger partial charge in [-0.05, 0) is 41.7 Å². The number of rotatable bonds is 6. The first-order valence-corrected chi connectivity index (χ1v) is 10.7. The molecule has 0 heterocycles. The summed E-state index contributed by atoms with van der Waals surface area (Å²) in [6.07, 6.45) is 3.99. The van der Waals surface area contributed by atoms with Crippen molar-refractivity contribution in [2.45, 2.75) is 70.8 Å². The van der Waals surface area contributed by atoms with Gasteiger partial charge in [0.2, 0.25) is 0 Å². The summed E-state index contributed by atoms with van der Waals surface area (Å²) in [5.74, 6) is 0.682. The highest BCUT2D eigenvalue weighted by Gasteiger charge is 2.42. The van der Waals surface area contributed by atoms with Crippen LogP contribution in [0.3, 0.4) is 0 Å². The van der Waals surface area contributed by atoms with Crippen LogP contribution in [0.15, 0.2) is 60.7 Å². The van der Waals surface area contributed by atoms with E-state index in [4.69, 9.17) is 4.74 Å². The fraction of sp³-hybridized carbons (Fsp3) is 0.500. The van der Waals surface area contributed by atoms with Crippen LogP contribution in [0.25, 0.3) is 0 Å². The number of carbonyl (C=O) groups is 1. The smallest absolute Gasteiger partial charge is 0.313 e. The molecule has 1 saturated carbocycles. The Morgan fingerprint density at radius 1 is 1.04 bits per heavy atom. The fourth-order valence-electron chi connectivity index (χ4n) is 4.82. The van der Waals surface area contributed by atoms with Crippen molar-refractivity contribution >= 4 is 5.97 Å². The van der Waals surface area contributed by atoms with Crippen molar-refractivity contribution in [3.05, 3.63) is 71.8 Å². The molecule has 28 heavy (non-hydrogen) atoms. The molecule has 0 amide bonds. The molecule has 2 aromatic carbocycles. The van der Waals surface area contributed by atoms with Gasteiger partial charge in [-0.15, -0.1) is 0 Å². The molecule has 150 valence electrons. The van der Waals surface area contributed by atoms with E-state index in [1.54, 1.807) is 0 Å². The van der Waals surface area contributed by atoms with Crippen LogP contribution >= 0.6 is 0 Å². The van der Waals surface area contributed by atoms with Crippen molar-refractivity contribution in [2.24, 2.45) is 11.8 Å². The van der Waals surface area contributed by atoms with Crippen LogP contribution in [-0.4, -0.2) is 12.1 Å². The molecule has 2 heteroatoms. The Bertz CT molecular complexity index is 751. The summed E-state index contributed by atoms with van der Waals surface area (Å²) in [6.45, 7) is 8.95. The Morgan fingerprint density at radius 2 is 1.64 bits per heavy atom. The fourth-order valence-corrected chi connectivity index (χ4v) is 4.82. The third-order valence-corrected chi connectivity index (χ3v) is 6.66. The lowest BCUT2D eigenvalue weighted by atomic mass is 9.64. The summed E-state index contributed by atoms with van der Waals surface area (Å²) in [5.41, 5.74) is 2.35. The quantitative estimate of drug-likeness (QED) is 0.536. The minimum Gasteiger partial charge on any atom is -0.462 e. The highest BCUT2D eigenvalue weighted by atomic mass is 16.5. The van der Waals surface area contributed by atoms with Gasteiger partial charge < -0.3 is 4.74 Å². The number of carbonyl (C=O) groups excluding carboxylic acids is 1. The van der Waals surface area contributed by atoms with Gasteiger partial charge in [0.25, 0.3) is 0 Å². The molecular weight excluding hydrogens is 344 g/mol. The number of ether oxygens (including phenoxy) is 1. The molecule has 2 nitrogen and oxygen atoms in total. The van der Waals surface area contributed by atoms with Crippen molar-refractivity contribution < 1.29 is 9.53 Å². The maximum absolute atomic E-state index is 13.1. The second-order valence-corrected chi connectivity index (χ2v) is 8.96. The van der Waals surface area contributed by atoms with Crippen LogP contribution in [0.2, 0.25) is 0 Å². The van der Waals surface area contributed by atoms with E-state index in [2.05, 4.69) is 58.0 Å². The van der Waals surface area contributed by atoms with Gasteiger partial charge >= 0.3 is 5.97 Å². The van der Waals surface area contributed by atoms with E-state index < -0.39 is 0 Å². The number of hydrogen-bond donors (Lipinski definition) is 0. The molecule has 0 aromatic heterocycles. The lowest BCUT2D eigenvalue weighted by molar-refractivity contribution is -0.158. The van der Waals surface area contributed by atoms with Crippen LogP contribution in [0, 0.1) is 11.8 Å². The standard InChI is InChI=1S/C26H34O2/c1-5-22(20-12-8-6-9-13-20)25(27)28-24-18-19(2)16-17-23(24)26(3,4)21-14-10-7-11-15-21/h6-15,19,22-24H,5,16-18H2,1-4H3/t19-,22-,23-,24-/m1/s1. The molecule has 0 bridgehead atoms. The maximum atomic E-state index is 13.1. The summed E-state index contributed by atoms with van der Waals surface area (Å²) >= 11 is 0. The topological polar surface area (TPSA) is 26.3 Å². The molecule has 0 radical (unpaired) electrons. The highest BCUT2D eigenvalue weighted by molar-refractivity contribution is 5.78. The third-order valence-electron chi connectivity index (χ3n) is 6.66. The summed E-state index contributed by atoms with van der Waals surface area (Å²) in [5, 5.41) is 0. The zero-order chi connectivity index (χ0) is 20.1. The molecular formula is C26H34O2. The number of esters is 1. The lowest BCUT2D eigenvalue weighted by Crippen LogP contribution is -2.44. The molecule has 0 unspecified atom stereocenters. The first-order chi connectivity index (χ1) is 13.4. The summed E-state index contributed by atoms with van der Waals surface area (Å²) < 4.78 is 6.25. The Morgan fingerprint density at radius 3 is 2.25 bits per heavy atom. The van der Waals surface area contributed by atoms with Crippen LogP contribution < -0.4 is 0 Å². The molecule has 3 rings (SSSR count). The molecule has 1 aliphatic rings. The monoisotopic (exact) mass is 378 g/mol. The van der Waals surface area contributed by atoms with E-state index in [1.165, 1.54) is 12.0 Å². The van der Waals surface area contributed by atoms with Crippen molar-refractivity contribution in [2.75, 3.05) is 0 Å². The first kappa shape index (κ1) is 20.6. The normalized spacial score (nSPS) is 23.8. The van der Waals surface area contributed by atoms with E-state index in [9.17, 15) is 4.79 Å². The van der Waals surface area contributed by atoms with Crippen LogP contribution in [0.1, 0.15) is 70.4 Å².